The van der Waals surface area contributed by atoms with E-state index < -0.39 is 30.7 Å². The fourth-order valence-corrected chi connectivity index (χ4v) is 5.33. The predicted octanol–water partition coefficient (Wildman–Crippen LogP) is 8.59. The number of ketones is 1. The van der Waals surface area contributed by atoms with Gasteiger partial charge in [-0.25, -0.2) is 0 Å². The number of halogens is 5. The minimum absolute atomic E-state index is 0.0303. The van der Waals surface area contributed by atoms with Gasteiger partial charge in [0, 0.05) is 36.7 Å². The van der Waals surface area contributed by atoms with Crippen LogP contribution in [0.25, 0.3) is 0 Å². The first-order chi connectivity index (χ1) is 18.3. The van der Waals surface area contributed by atoms with Crippen molar-refractivity contribution < 1.29 is 41.7 Å². The van der Waals surface area contributed by atoms with Crippen molar-refractivity contribution >= 4 is 5.78 Å². The highest BCUT2D eigenvalue weighted by atomic mass is 19.4. The number of hydrogen-bond donors (Lipinski definition) is 2. The first-order valence-corrected chi connectivity index (χ1v) is 13.5. The Labute approximate surface area is 226 Å². The molecule has 0 fully saturated rings. The quantitative estimate of drug-likeness (QED) is 0.181. The molecule has 0 radical (unpaired) electrons. The Morgan fingerprint density at radius 3 is 2.10 bits per heavy atom. The van der Waals surface area contributed by atoms with Gasteiger partial charge in [0.05, 0.1) is 6.61 Å². The van der Waals surface area contributed by atoms with Crippen LogP contribution in [0.1, 0.15) is 94.6 Å². The van der Waals surface area contributed by atoms with Crippen LogP contribution in [-0.2, 0) is 10.2 Å². The molecule has 2 atom stereocenters. The second-order valence-electron chi connectivity index (χ2n) is 10.8. The molecule has 0 amide bonds. The van der Waals surface area contributed by atoms with Gasteiger partial charge in [-0.1, -0.05) is 63.6 Å². The van der Waals surface area contributed by atoms with Crippen LogP contribution in [0.2, 0.25) is 0 Å². The molecule has 2 aromatic carbocycles. The Kier molecular flexibility index (Phi) is 10.2. The lowest BCUT2D eigenvalue weighted by molar-refractivity contribution is -0.284. The lowest BCUT2D eigenvalue weighted by Crippen LogP contribution is -2.40. The van der Waals surface area contributed by atoms with Gasteiger partial charge >= 0.3 is 12.1 Å². The van der Waals surface area contributed by atoms with Crippen molar-refractivity contribution in [2.45, 2.75) is 101 Å². The number of phenols is 2. The van der Waals surface area contributed by atoms with Gasteiger partial charge < -0.3 is 14.9 Å². The molecule has 2 aromatic rings. The second-order valence-corrected chi connectivity index (χ2v) is 10.8. The third-order valence-corrected chi connectivity index (χ3v) is 7.78. The molecule has 1 aliphatic heterocycles. The van der Waals surface area contributed by atoms with Crippen molar-refractivity contribution in [2.24, 2.45) is 0 Å². The molecule has 0 spiro atoms. The molecular weight excluding hydrogens is 519 g/mol. The van der Waals surface area contributed by atoms with E-state index in [1.807, 2.05) is 18.2 Å². The zero-order valence-electron chi connectivity index (χ0n) is 22.2. The van der Waals surface area contributed by atoms with Crippen LogP contribution >= 0.6 is 0 Å². The Morgan fingerprint density at radius 2 is 1.46 bits per heavy atom. The van der Waals surface area contributed by atoms with Gasteiger partial charge in [-0.2, -0.15) is 22.0 Å². The first kappa shape index (κ1) is 30.7. The summed E-state index contributed by atoms with van der Waals surface area (Å²) in [6.07, 6.45) is -0.897. The summed E-state index contributed by atoms with van der Waals surface area (Å²) in [4.78, 5) is 11.7. The molecule has 9 heteroatoms. The molecule has 0 aromatic heterocycles. The molecular formula is C30H37F5O4. The lowest BCUT2D eigenvalue weighted by atomic mass is 9.66. The number of Topliss-reactive ketones (excluding diaryl/α,β-unsaturated/α-hetero) is 1. The number of hydrogen-bond acceptors (Lipinski definition) is 4. The van der Waals surface area contributed by atoms with Crippen molar-refractivity contribution in [3.63, 3.8) is 0 Å². The number of alkyl halides is 5. The van der Waals surface area contributed by atoms with Gasteiger partial charge in [0.25, 0.3) is 0 Å². The van der Waals surface area contributed by atoms with Gasteiger partial charge in [0.1, 0.15) is 23.0 Å². The largest absolute Gasteiger partial charge is 0.508 e. The van der Waals surface area contributed by atoms with Crippen molar-refractivity contribution in [1.29, 1.82) is 0 Å². The monoisotopic (exact) mass is 556 g/mol. The molecule has 0 saturated carbocycles. The summed E-state index contributed by atoms with van der Waals surface area (Å²) in [5, 5.41) is 19.6. The van der Waals surface area contributed by atoms with Crippen molar-refractivity contribution in [3.8, 4) is 17.2 Å². The standard InChI is InChI=1S/C30H37F5O4/c1-28(21-11-13-23(37)14-12-21)20-39-27-19-24(38)15-16-25(27)26(28)10-8-6-4-2-3-5-7-9-22(36)17-18-29(31,32)30(33,34)35/h11-16,19,26,37-38H,2-10,17-18,20H2,1H3. The molecule has 39 heavy (non-hydrogen) atoms. The Hall–Kier alpha value is -2.84. The van der Waals surface area contributed by atoms with Crippen molar-refractivity contribution in [3.05, 3.63) is 53.6 Å². The number of benzene rings is 2. The highest BCUT2D eigenvalue weighted by molar-refractivity contribution is 5.78. The van der Waals surface area contributed by atoms with Gasteiger partial charge in [-0.3, -0.25) is 4.79 Å². The van der Waals surface area contributed by atoms with Gasteiger partial charge in [0.15, 0.2) is 0 Å². The van der Waals surface area contributed by atoms with E-state index in [0.717, 1.165) is 56.1 Å². The minimum atomic E-state index is -5.62. The van der Waals surface area contributed by atoms with E-state index in [9.17, 15) is 37.0 Å². The third kappa shape index (κ3) is 8.08. The summed E-state index contributed by atoms with van der Waals surface area (Å²) in [5.74, 6) is -4.18. The van der Waals surface area contributed by atoms with Crippen LogP contribution in [0.3, 0.4) is 0 Å². The van der Waals surface area contributed by atoms with Crippen LogP contribution in [0.5, 0.6) is 17.2 Å². The molecule has 1 heterocycles. The summed E-state index contributed by atoms with van der Waals surface area (Å²) in [7, 11) is 0. The Balaban J connectivity index is 1.41. The maximum Gasteiger partial charge on any atom is 0.453 e. The summed E-state index contributed by atoms with van der Waals surface area (Å²) >= 11 is 0. The summed E-state index contributed by atoms with van der Waals surface area (Å²) in [6.45, 7) is 2.61. The highest BCUT2D eigenvalue weighted by Gasteiger charge is 2.56. The van der Waals surface area contributed by atoms with E-state index in [4.69, 9.17) is 4.74 Å². The van der Waals surface area contributed by atoms with Crippen LogP contribution in [0.15, 0.2) is 42.5 Å². The maximum atomic E-state index is 12.9. The van der Waals surface area contributed by atoms with Crippen molar-refractivity contribution in [2.75, 3.05) is 6.61 Å². The SMILES string of the molecule is CC1(c2ccc(O)cc2)COc2cc(O)ccc2C1CCCCCCCCCC(=O)CCC(F)(F)C(F)(F)F. The lowest BCUT2D eigenvalue weighted by Gasteiger charge is -2.43. The fraction of sp³-hybridized carbons (Fsp3) is 0.567. The predicted molar refractivity (Wildman–Crippen MR) is 139 cm³/mol. The molecule has 0 bridgehead atoms. The van der Waals surface area contributed by atoms with E-state index in [-0.39, 0.29) is 29.3 Å². The molecule has 4 nitrogen and oxygen atoms in total. The van der Waals surface area contributed by atoms with Gasteiger partial charge in [-0.15, -0.1) is 0 Å². The van der Waals surface area contributed by atoms with Crippen LogP contribution in [-0.4, -0.2) is 34.7 Å². The fourth-order valence-electron chi connectivity index (χ4n) is 5.33. The number of unbranched alkanes of at least 4 members (excludes halogenated alkanes) is 6. The van der Waals surface area contributed by atoms with Gasteiger partial charge in [-0.05, 0) is 42.2 Å². The number of fused-ring (bicyclic) bond motifs is 1. The van der Waals surface area contributed by atoms with Crippen LogP contribution in [0, 0.1) is 0 Å². The molecule has 1 aliphatic rings. The molecule has 216 valence electrons. The smallest absolute Gasteiger partial charge is 0.453 e. The zero-order valence-corrected chi connectivity index (χ0v) is 22.2. The minimum Gasteiger partial charge on any atom is -0.508 e. The summed E-state index contributed by atoms with van der Waals surface area (Å²) in [6, 6.07) is 12.4. The van der Waals surface area contributed by atoms with Crippen LogP contribution in [0.4, 0.5) is 22.0 Å². The third-order valence-electron chi connectivity index (χ3n) is 7.78. The number of rotatable bonds is 14. The maximum absolute atomic E-state index is 12.9. The van der Waals surface area contributed by atoms with Gasteiger partial charge in [0.2, 0.25) is 0 Å². The van der Waals surface area contributed by atoms with E-state index in [2.05, 4.69) is 6.92 Å². The number of aromatic hydroxyl groups is 2. The first-order valence-electron chi connectivity index (χ1n) is 13.5. The number of carbonyl (C=O) groups excluding carboxylic acids is 1. The number of ether oxygens (including phenoxy) is 1. The molecule has 2 N–H and O–H groups in total. The second kappa shape index (κ2) is 13.0. The number of carbonyl (C=O) groups is 1. The van der Waals surface area contributed by atoms with E-state index in [1.54, 1.807) is 24.3 Å². The summed E-state index contributed by atoms with van der Waals surface area (Å²) in [5.41, 5.74) is 1.81. The van der Waals surface area contributed by atoms with Crippen LogP contribution < -0.4 is 4.74 Å². The average Bonchev–Trinajstić information content (AvgIpc) is 2.87. The normalized spacial score (nSPS) is 19.4. The molecule has 0 saturated heterocycles. The molecule has 3 rings (SSSR count). The van der Waals surface area contributed by atoms with E-state index in [0.29, 0.717) is 18.8 Å². The number of phenolic OH excluding ortho intramolecular Hbond substituents is 2. The topological polar surface area (TPSA) is 66.8 Å². The summed E-state index contributed by atoms with van der Waals surface area (Å²) < 4.78 is 68.5. The highest BCUT2D eigenvalue weighted by Crippen LogP contribution is 2.49. The van der Waals surface area contributed by atoms with E-state index >= 15 is 0 Å². The zero-order chi connectivity index (χ0) is 28.7. The molecule has 0 aliphatic carbocycles. The molecule has 2 unspecified atom stereocenters. The van der Waals surface area contributed by atoms with Crippen molar-refractivity contribution in [1.82, 2.24) is 0 Å². The average molecular weight is 557 g/mol. The Bertz CT molecular complexity index is 1080. The van der Waals surface area contributed by atoms with E-state index in [1.165, 1.54) is 0 Å². The Morgan fingerprint density at radius 1 is 0.872 bits per heavy atom.